The molecule has 0 fully saturated rings. The summed E-state index contributed by atoms with van der Waals surface area (Å²) in [6.07, 6.45) is 1.65. The highest BCUT2D eigenvalue weighted by atomic mass is 16.2. The molecule has 0 unspecified atom stereocenters. The van der Waals surface area contributed by atoms with Crippen LogP contribution in [0.1, 0.15) is 33.5 Å². The van der Waals surface area contributed by atoms with Crippen molar-refractivity contribution in [3.63, 3.8) is 0 Å². The van der Waals surface area contributed by atoms with E-state index in [4.69, 9.17) is 0 Å². The van der Waals surface area contributed by atoms with Gasteiger partial charge in [-0.25, -0.2) is 0 Å². The number of carbonyl (C=O) groups excluding carboxylic acids is 2. The molecule has 0 aliphatic carbocycles. The minimum atomic E-state index is -0.508. The van der Waals surface area contributed by atoms with Gasteiger partial charge >= 0.3 is 0 Å². The Labute approximate surface area is 134 Å². The molecule has 3 heterocycles. The lowest BCUT2D eigenvalue weighted by Crippen LogP contribution is -2.46. The van der Waals surface area contributed by atoms with E-state index in [-0.39, 0.29) is 11.8 Å². The molecule has 0 aromatic carbocycles. The molecule has 7 nitrogen and oxygen atoms in total. The Morgan fingerprint density at radius 1 is 1.26 bits per heavy atom. The fourth-order valence-electron chi connectivity index (χ4n) is 2.95. The molecule has 3 rings (SSSR count). The van der Waals surface area contributed by atoms with Gasteiger partial charge in [0.05, 0.1) is 18.8 Å². The molecule has 1 aliphatic heterocycles. The molecule has 120 valence electrons. The number of hydrogen-bond donors (Lipinski definition) is 1. The first-order valence-electron chi connectivity index (χ1n) is 7.48. The second kappa shape index (κ2) is 5.83. The van der Waals surface area contributed by atoms with Crippen molar-refractivity contribution in [1.29, 1.82) is 0 Å². The van der Waals surface area contributed by atoms with Gasteiger partial charge in [-0.2, -0.15) is 5.10 Å². The number of carbonyl (C=O) groups is 2. The summed E-state index contributed by atoms with van der Waals surface area (Å²) in [6, 6.07) is 4.87. The second-order valence-corrected chi connectivity index (χ2v) is 5.72. The summed E-state index contributed by atoms with van der Waals surface area (Å²) in [7, 11) is 1.59. The predicted octanol–water partition coefficient (Wildman–Crippen LogP) is 0.838. The van der Waals surface area contributed by atoms with E-state index in [9.17, 15) is 9.59 Å². The van der Waals surface area contributed by atoms with Crippen molar-refractivity contribution in [2.75, 3.05) is 13.6 Å². The Morgan fingerprint density at radius 2 is 1.96 bits per heavy atom. The van der Waals surface area contributed by atoms with Crippen molar-refractivity contribution in [2.45, 2.75) is 26.4 Å². The van der Waals surface area contributed by atoms with Crippen LogP contribution in [0, 0.1) is 13.8 Å². The van der Waals surface area contributed by atoms with Crippen molar-refractivity contribution < 1.29 is 9.59 Å². The Bertz CT molecular complexity index is 747. The normalized spacial score (nSPS) is 16.8. The molecule has 2 amide bonds. The van der Waals surface area contributed by atoms with E-state index >= 15 is 0 Å². The van der Waals surface area contributed by atoms with Gasteiger partial charge in [0.15, 0.2) is 0 Å². The number of fused-ring (bicyclic) bond motifs is 1. The number of nitrogens with zero attached hydrogens (tertiary/aromatic N) is 4. The van der Waals surface area contributed by atoms with Crippen molar-refractivity contribution in [3.8, 4) is 0 Å². The molecule has 0 spiro atoms. The summed E-state index contributed by atoms with van der Waals surface area (Å²) in [6.45, 7) is 4.46. The van der Waals surface area contributed by atoms with Crippen molar-refractivity contribution >= 4 is 11.8 Å². The maximum absolute atomic E-state index is 12.8. The van der Waals surface area contributed by atoms with Gasteiger partial charge in [0.1, 0.15) is 6.04 Å². The standard InChI is InChI=1S/C16H19N5O2/c1-10-6-12(7-11(2)19-10)16(23)20-8-13-4-5-18-21(13)14(9-20)15(22)17-3/h4-7,14H,8-9H2,1-3H3,(H,17,22)/t14-/m0/s1. The van der Waals surface area contributed by atoms with Crippen LogP contribution < -0.4 is 5.32 Å². The molecule has 1 aliphatic rings. The van der Waals surface area contributed by atoms with Crippen LogP contribution in [0.2, 0.25) is 0 Å². The molecule has 1 N–H and O–H groups in total. The van der Waals surface area contributed by atoms with Crippen molar-refractivity contribution in [1.82, 2.24) is 25.0 Å². The Kier molecular flexibility index (Phi) is 3.85. The van der Waals surface area contributed by atoms with Gasteiger partial charge in [0.25, 0.3) is 5.91 Å². The van der Waals surface area contributed by atoms with Crippen LogP contribution in [-0.2, 0) is 11.3 Å². The molecule has 0 saturated carbocycles. The molecule has 0 saturated heterocycles. The van der Waals surface area contributed by atoms with E-state index in [1.165, 1.54) is 0 Å². The minimum absolute atomic E-state index is 0.0973. The van der Waals surface area contributed by atoms with Gasteiger partial charge in [-0.1, -0.05) is 0 Å². The number of pyridine rings is 1. The number of nitrogens with one attached hydrogen (secondary N) is 1. The lowest BCUT2D eigenvalue weighted by molar-refractivity contribution is -0.125. The maximum Gasteiger partial charge on any atom is 0.254 e. The quantitative estimate of drug-likeness (QED) is 0.891. The number of hydrogen-bond acceptors (Lipinski definition) is 4. The van der Waals surface area contributed by atoms with Crippen molar-refractivity contribution in [2.24, 2.45) is 0 Å². The fraction of sp³-hybridized carbons (Fsp3) is 0.375. The number of aryl methyl sites for hydroxylation is 2. The number of rotatable bonds is 2. The summed E-state index contributed by atoms with van der Waals surface area (Å²) in [4.78, 5) is 30.9. The minimum Gasteiger partial charge on any atom is -0.357 e. The smallest absolute Gasteiger partial charge is 0.254 e. The van der Waals surface area contributed by atoms with Gasteiger partial charge in [-0.05, 0) is 32.0 Å². The molecule has 1 atom stereocenters. The van der Waals surface area contributed by atoms with Gasteiger partial charge in [-0.3, -0.25) is 19.3 Å². The number of aromatic nitrogens is 3. The van der Waals surface area contributed by atoms with Crippen LogP contribution in [-0.4, -0.2) is 45.1 Å². The Morgan fingerprint density at radius 3 is 2.61 bits per heavy atom. The first-order chi connectivity index (χ1) is 11.0. The average molecular weight is 313 g/mol. The monoisotopic (exact) mass is 313 g/mol. The second-order valence-electron chi connectivity index (χ2n) is 5.72. The Balaban J connectivity index is 1.92. The highest BCUT2D eigenvalue weighted by Crippen LogP contribution is 2.22. The summed E-state index contributed by atoms with van der Waals surface area (Å²) in [5.74, 6) is -0.255. The third-order valence-electron chi connectivity index (χ3n) is 3.96. The number of likely N-dealkylation sites (N-methyl/N-ethyl adjacent to an activating group) is 1. The van der Waals surface area contributed by atoms with E-state index in [0.29, 0.717) is 18.7 Å². The molecule has 0 bridgehead atoms. The molecule has 0 radical (unpaired) electrons. The van der Waals surface area contributed by atoms with Crippen LogP contribution >= 0.6 is 0 Å². The van der Waals surface area contributed by atoms with Gasteiger partial charge in [-0.15, -0.1) is 0 Å². The zero-order chi connectivity index (χ0) is 16.6. The first-order valence-corrected chi connectivity index (χ1v) is 7.48. The number of amides is 2. The van der Waals surface area contributed by atoms with E-state index in [1.807, 2.05) is 19.9 Å². The summed E-state index contributed by atoms with van der Waals surface area (Å²) >= 11 is 0. The lowest BCUT2D eigenvalue weighted by Gasteiger charge is -2.33. The van der Waals surface area contributed by atoms with Crippen LogP contribution in [0.4, 0.5) is 0 Å². The van der Waals surface area contributed by atoms with Gasteiger partial charge in [0.2, 0.25) is 5.91 Å². The molecule has 7 heteroatoms. The molecule has 23 heavy (non-hydrogen) atoms. The van der Waals surface area contributed by atoms with E-state index in [0.717, 1.165) is 17.1 Å². The average Bonchev–Trinajstić information content (AvgIpc) is 2.99. The van der Waals surface area contributed by atoms with Crippen molar-refractivity contribution in [3.05, 3.63) is 47.0 Å². The van der Waals surface area contributed by atoms with Crippen LogP contribution in [0.5, 0.6) is 0 Å². The highest BCUT2D eigenvalue weighted by Gasteiger charge is 2.33. The van der Waals surface area contributed by atoms with Crippen LogP contribution in [0.15, 0.2) is 24.4 Å². The fourth-order valence-corrected chi connectivity index (χ4v) is 2.95. The molecule has 2 aromatic rings. The van der Waals surface area contributed by atoms with E-state index in [1.54, 1.807) is 35.0 Å². The van der Waals surface area contributed by atoms with E-state index < -0.39 is 6.04 Å². The zero-order valence-electron chi connectivity index (χ0n) is 13.4. The zero-order valence-corrected chi connectivity index (χ0v) is 13.4. The molecular formula is C16H19N5O2. The summed E-state index contributed by atoms with van der Waals surface area (Å²) < 4.78 is 1.69. The summed E-state index contributed by atoms with van der Waals surface area (Å²) in [5.41, 5.74) is 3.05. The molecular weight excluding hydrogens is 294 g/mol. The SMILES string of the molecule is CNC(=O)[C@@H]1CN(C(=O)c2cc(C)nc(C)c2)Cc2ccnn21. The van der Waals surface area contributed by atoms with Crippen LogP contribution in [0.3, 0.4) is 0 Å². The first kappa shape index (κ1) is 15.2. The summed E-state index contributed by atoms with van der Waals surface area (Å²) in [5, 5.41) is 6.84. The third-order valence-corrected chi connectivity index (χ3v) is 3.96. The van der Waals surface area contributed by atoms with Crippen LogP contribution in [0.25, 0.3) is 0 Å². The molecule has 2 aromatic heterocycles. The van der Waals surface area contributed by atoms with Gasteiger partial charge < -0.3 is 10.2 Å². The predicted molar refractivity (Wildman–Crippen MR) is 83.8 cm³/mol. The highest BCUT2D eigenvalue weighted by molar-refractivity contribution is 5.95. The third kappa shape index (κ3) is 2.81. The van der Waals surface area contributed by atoms with E-state index in [2.05, 4.69) is 15.4 Å². The largest absolute Gasteiger partial charge is 0.357 e. The van der Waals surface area contributed by atoms with Gasteiger partial charge in [0, 0.05) is 30.2 Å². The Hall–Kier alpha value is -2.70. The maximum atomic E-state index is 12.8. The lowest BCUT2D eigenvalue weighted by atomic mass is 10.1. The topological polar surface area (TPSA) is 80.1 Å².